The van der Waals surface area contributed by atoms with Gasteiger partial charge in [0.15, 0.2) is 0 Å². The van der Waals surface area contributed by atoms with E-state index in [9.17, 15) is 4.79 Å². The van der Waals surface area contributed by atoms with E-state index >= 15 is 0 Å². The van der Waals surface area contributed by atoms with Crippen LogP contribution in [0.3, 0.4) is 0 Å². The Morgan fingerprint density at radius 1 is 1.24 bits per heavy atom. The molecule has 1 aliphatic carbocycles. The van der Waals surface area contributed by atoms with Crippen LogP contribution in [0.4, 0.5) is 0 Å². The summed E-state index contributed by atoms with van der Waals surface area (Å²) in [6.07, 6.45) is 7.93. The van der Waals surface area contributed by atoms with Crippen LogP contribution in [0.5, 0.6) is 0 Å². The summed E-state index contributed by atoms with van der Waals surface area (Å²) in [4.78, 5) is 16.0. The summed E-state index contributed by atoms with van der Waals surface area (Å²) < 4.78 is 4.82. The fourth-order valence-corrected chi connectivity index (χ4v) is 2.77. The van der Waals surface area contributed by atoms with Crippen molar-refractivity contribution in [3.05, 3.63) is 70.6 Å². The SMILES string of the molecule is COC(=O)c1ccc2c(c1)C(c1cnccc1C)=CCC2. The van der Waals surface area contributed by atoms with E-state index in [1.165, 1.54) is 18.2 Å². The lowest BCUT2D eigenvalue weighted by Crippen LogP contribution is -2.07. The summed E-state index contributed by atoms with van der Waals surface area (Å²) in [5.41, 5.74) is 6.44. The van der Waals surface area contributed by atoms with Crippen molar-refractivity contribution in [2.75, 3.05) is 7.11 Å². The predicted molar refractivity (Wildman–Crippen MR) is 82.2 cm³/mol. The molecule has 0 fully saturated rings. The molecule has 3 nitrogen and oxygen atoms in total. The quantitative estimate of drug-likeness (QED) is 0.789. The van der Waals surface area contributed by atoms with Crippen LogP contribution in [0, 0.1) is 6.92 Å². The molecule has 1 aliphatic rings. The molecular formula is C18H17NO2. The highest BCUT2D eigenvalue weighted by molar-refractivity contribution is 5.92. The van der Waals surface area contributed by atoms with Crippen molar-refractivity contribution >= 4 is 11.5 Å². The number of esters is 1. The third-order valence-corrected chi connectivity index (χ3v) is 3.91. The molecule has 0 N–H and O–H groups in total. The number of rotatable bonds is 2. The molecule has 0 spiro atoms. The Morgan fingerprint density at radius 3 is 2.86 bits per heavy atom. The van der Waals surface area contributed by atoms with Crippen molar-refractivity contribution in [3.8, 4) is 0 Å². The topological polar surface area (TPSA) is 39.2 Å². The van der Waals surface area contributed by atoms with Gasteiger partial charge in [-0.2, -0.15) is 0 Å². The second kappa shape index (κ2) is 5.52. The zero-order chi connectivity index (χ0) is 14.8. The number of hydrogen-bond acceptors (Lipinski definition) is 3. The van der Waals surface area contributed by atoms with E-state index < -0.39 is 0 Å². The number of pyridine rings is 1. The Morgan fingerprint density at radius 2 is 2.10 bits per heavy atom. The Hall–Kier alpha value is -2.42. The van der Waals surface area contributed by atoms with Gasteiger partial charge in [0.25, 0.3) is 0 Å². The van der Waals surface area contributed by atoms with Gasteiger partial charge < -0.3 is 4.74 Å². The molecule has 0 saturated carbocycles. The second-order valence-corrected chi connectivity index (χ2v) is 5.21. The number of allylic oxidation sites excluding steroid dienone is 1. The van der Waals surface area contributed by atoms with Crippen molar-refractivity contribution in [1.82, 2.24) is 4.98 Å². The minimum absolute atomic E-state index is 0.300. The van der Waals surface area contributed by atoms with Gasteiger partial charge in [0.05, 0.1) is 12.7 Å². The smallest absolute Gasteiger partial charge is 0.337 e. The van der Waals surface area contributed by atoms with Crippen LogP contribution in [0.15, 0.2) is 42.7 Å². The lowest BCUT2D eigenvalue weighted by molar-refractivity contribution is 0.0600. The highest BCUT2D eigenvalue weighted by Crippen LogP contribution is 2.33. The first-order chi connectivity index (χ1) is 10.2. The molecule has 3 heteroatoms. The molecule has 0 amide bonds. The molecule has 2 aromatic rings. The van der Waals surface area contributed by atoms with Gasteiger partial charge in [-0.05, 0) is 60.2 Å². The van der Waals surface area contributed by atoms with E-state index in [2.05, 4.69) is 18.0 Å². The van der Waals surface area contributed by atoms with Crippen molar-refractivity contribution in [2.45, 2.75) is 19.8 Å². The first-order valence-corrected chi connectivity index (χ1v) is 7.03. The van der Waals surface area contributed by atoms with E-state index in [1.54, 1.807) is 6.20 Å². The molecular weight excluding hydrogens is 262 g/mol. The lowest BCUT2D eigenvalue weighted by Gasteiger charge is -2.20. The van der Waals surface area contributed by atoms with Crippen molar-refractivity contribution in [1.29, 1.82) is 0 Å². The number of aryl methyl sites for hydroxylation is 2. The Labute approximate surface area is 124 Å². The molecule has 0 bridgehead atoms. The van der Waals surface area contributed by atoms with Gasteiger partial charge >= 0.3 is 5.97 Å². The largest absolute Gasteiger partial charge is 0.465 e. The van der Waals surface area contributed by atoms with Crippen LogP contribution in [0.2, 0.25) is 0 Å². The maximum Gasteiger partial charge on any atom is 0.337 e. The Kier molecular flexibility index (Phi) is 3.57. The maximum absolute atomic E-state index is 11.8. The van der Waals surface area contributed by atoms with Crippen molar-refractivity contribution in [3.63, 3.8) is 0 Å². The summed E-state index contributed by atoms with van der Waals surface area (Å²) in [5, 5.41) is 0. The van der Waals surface area contributed by atoms with E-state index in [0.717, 1.165) is 29.5 Å². The highest BCUT2D eigenvalue weighted by Gasteiger charge is 2.18. The van der Waals surface area contributed by atoms with Crippen LogP contribution in [-0.4, -0.2) is 18.1 Å². The summed E-state index contributed by atoms with van der Waals surface area (Å²) in [6, 6.07) is 7.80. The van der Waals surface area contributed by atoms with Crippen LogP contribution < -0.4 is 0 Å². The summed E-state index contributed by atoms with van der Waals surface area (Å²) in [5.74, 6) is -0.300. The van der Waals surface area contributed by atoms with E-state index in [0.29, 0.717) is 5.56 Å². The molecule has 1 aromatic carbocycles. The average molecular weight is 279 g/mol. The first-order valence-electron chi connectivity index (χ1n) is 7.03. The normalized spacial score (nSPS) is 13.3. The van der Waals surface area contributed by atoms with Crippen LogP contribution in [-0.2, 0) is 11.2 Å². The predicted octanol–water partition coefficient (Wildman–Crippen LogP) is 3.55. The van der Waals surface area contributed by atoms with Crippen LogP contribution in [0.25, 0.3) is 5.57 Å². The Balaban J connectivity index is 2.13. The maximum atomic E-state index is 11.8. The number of fused-ring (bicyclic) bond motifs is 1. The minimum Gasteiger partial charge on any atom is -0.465 e. The zero-order valence-electron chi connectivity index (χ0n) is 12.2. The van der Waals surface area contributed by atoms with E-state index in [4.69, 9.17) is 4.74 Å². The molecule has 0 radical (unpaired) electrons. The fraction of sp³-hybridized carbons (Fsp3) is 0.222. The van der Waals surface area contributed by atoms with Gasteiger partial charge in [-0.25, -0.2) is 4.79 Å². The van der Waals surface area contributed by atoms with Gasteiger partial charge in [-0.1, -0.05) is 12.1 Å². The number of carbonyl (C=O) groups excluding carboxylic acids is 1. The number of methoxy groups -OCH3 is 1. The zero-order valence-corrected chi connectivity index (χ0v) is 12.2. The number of ether oxygens (including phenoxy) is 1. The number of nitrogens with zero attached hydrogens (tertiary/aromatic N) is 1. The van der Waals surface area contributed by atoms with E-state index in [-0.39, 0.29) is 5.97 Å². The molecule has 0 unspecified atom stereocenters. The second-order valence-electron chi connectivity index (χ2n) is 5.21. The first kappa shape index (κ1) is 13.6. The van der Waals surface area contributed by atoms with Gasteiger partial charge in [-0.3, -0.25) is 4.98 Å². The summed E-state index contributed by atoms with van der Waals surface area (Å²) in [7, 11) is 1.41. The van der Waals surface area contributed by atoms with Crippen LogP contribution >= 0.6 is 0 Å². The molecule has 1 heterocycles. The molecule has 3 rings (SSSR count). The summed E-state index contributed by atoms with van der Waals surface area (Å²) in [6.45, 7) is 2.08. The molecule has 0 aliphatic heterocycles. The summed E-state index contributed by atoms with van der Waals surface area (Å²) >= 11 is 0. The molecule has 1 aromatic heterocycles. The van der Waals surface area contributed by atoms with Gasteiger partial charge in [-0.15, -0.1) is 0 Å². The van der Waals surface area contributed by atoms with Crippen molar-refractivity contribution in [2.24, 2.45) is 0 Å². The number of benzene rings is 1. The van der Waals surface area contributed by atoms with E-state index in [1.807, 2.05) is 30.5 Å². The minimum atomic E-state index is -0.300. The monoisotopic (exact) mass is 279 g/mol. The standard InChI is InChI=1S/C18H17NO2/c1-12-8-9-19-11-17(12)15-5-3-4-13-6-7-14(10-16(13)15)18(20)21-2/h5-11H,3-4H2,1-2H3. The fourth-order valence-electron chi connectivity index (χ4n) is 2.77. The number of aromatic nitrogens is 1. The Bertz CT molecular complexity index is 732. The average Bonchev–Trinajstić information content (AvgIpc) is 2.53. The molecule has 106 valence electrons. The number of hydrogen-bond donors (Lipinski definition) is 0. The van der Waals surface area contributed by atoms with Gasteiger partial charge in [0.1, 0.15) is 0 Å². The molecule has 0 atom stereocenters. The van der Waals surface area contributed by atoms with Gasteiger partial charge in [0.2, 0.25) is 0 Å². The van der Waals surface area contributed by atoms with Crippen LogP contribution in [0.1, 0.15) is 39.0 Å². The molecule has 0 saturated heterocycles. The highest BCUT2D eigenvalue weighted by atomic mass is 16.5. The van der Waals surface area contributed by atoms with Crippen molar-refractivity contribution < 1.29 is 9.53 Å². The lowest BCUT2D eigenvalue weighted by atomic mass is 9.85. The third kappa shape index (κ3) is 2.47. The number of carbonyl (C=O) groups is 1. The molecule has 21 heavy (non-hydrogen) atoms. The third-order valence-electron chi connectivity index (χ3n) is 3.91. The van der Waals surface area contributed by atoms with Gasteiger partial charge in [0, 0.05) is 18.0 Å².